The lowest BCUT2D eigenvalue weighted by Crippen LogP contribution is -1.87. The molecule has 16 heavy (non-hydrogen) atoms. The van der Waals surface area contributed by atoms with Crippen molar-refractivity contribution in [3.05, 3.63) is 52.0 Å². The van der Waals surface area contributed by atoms with Crippen molar-refractivity contribution in [2.24, 2.45) is 0 Å². The molecule has 0 bridgehead atoms. The smallest absolute Gasteiger partial charge is 0.128 e. The van der Waals surface area contributed by atoms with Crippen LogP contribution in [0, 0.1) is 0 Å². The zero-order valence-electron chi connectivity index (χ0n) is 8.71. The van der Waals surface area contributed by atoms with Gasteiger partial charge in [0.1, 0.15) is 5.75 Å². The topological polar surface area (TPSA) is 9.23 Å². The van der Waals surface area contributed by atoms with Crippen molar-refractivity contribution in [3.63, 3.8) is 0 Å². The molecule has 0 fully saturated rings. The molecule has 0 unspecified atom stereocenters. The number of ether oxygens (including phenoxy) is 1. The Labute approximate surface area is 108 Å². The van der Waals surface area contributed by atoms with Crippen molar-refractivity contribution in [1.82, 2.24) is 0 Å². The minimum absolute atomic E-state index is 0.678. The van der Waals surface area contributed by atoms with Crippen molar-refractivity contribution in [1.29, 1.82) is 0 Å². The lowest BCUT2D eigenvalue weighted by atomic mass is 10.1. The van der Waals surface area contributed by atoms with Gasteiger partial charge in [0, 0.05) is 15.1 Å². The lowest BCUT2D eigenvalue weighted by Gasteiger charge is -2.09. The van der Waals surface area contributed by atoms with E-state index in [1.807, 2.05) is 42.5 Å². The van der Waals surface area contributed by atoms with Crippen LogP contribution in [0.3, 0.4) is 0 Å². The Morgan fingerprint density at radius 1 is 1.06 bits per heavy atom. The average molecular weight is 298 g/mol. The van der Waals surface area contributed by atoms with Crippen LogP contribution in [-0.4, -0.2) is 7.11 Å². The van der Waals surface area contributed by atoms with E-state index in [2.05, 4.69) is 15.9 Å². The first-order valence-corrected chi connectivity index (χ1v) is 5.97. The van der Waals surface area contributed by atoms with Gasteiger partial charge in [-0.2, -0.15) is 0 Å². The second-order valence-corrected chi connectivity index (χ2v) is 4.70. The number of rotatable bonds is 2. The van der Waals surface area contributed by atoms with E-state index >= 15 is 0 Å². The van der Waals surface area contributed by atoms with Gasteiger partial charge in [0.05, 0.1) is 7.11 Å². The van der Waals surface area contributed by atoms with E-state index in [0.717, 1.165) is 21.3 Å². The number of hydrogen-bond acceptors (Lipinski definition) is 1. The molecule has 0 aliphatic carbocycles. The summed E-state index contributed by atoms with van der Waals surface area (Å²) in [6, 6.07) is 13.7. The van der Waals surface area contributed by atoms with Crippen molar-refractivity contribution >= 4 is 27.5 Å². The van der Waals surface area contributed by atoms with E-state index < -0.39 is 0 Å². The Balaban J connectivity index is 2.51. The molecule has 0 radical (unpaired) electrons. The average Bonchev–Trinajstić information content (AvgIpc) is 2.30. The fraction of sp³-hybridized carbons (Fsp3) is 0.0769. The Hall–Kier alpha value is -0.990. The standard InChI is InChI=1S/C13H10BrClO/c1-16-13-8-11(15)6-7-12(13)9-2-4-10(14)5-3-9/h2-8H,1H3. The molecule has 0 amide bonds. The Kier molecular flexibility index (Phi) is 3.52. The summed E-state index contributed by atoms with van der Waals surface area (Å²) in [6.45, 7) is 0. The molecule has 0 heterocycles. The zero-order chi connectivity index (χ0) is 11.5. The SMILES string of the molecule is COc1cc(Cl)ccc1-c1ccc(Br)cc1. The molecule has 1 nitrogen and oxygen atoms in total. The van der Waals surface area contributed by atoms with Gasteiger partial charge in [0.2, 0.25) is 0 Å². The third-order valence-corrected chi connectivity index (χ3v) is 3.08. The Morgan fingerprint density at radius 3 is 2.38 bits per heavy atom. The summed E-state index contributed by atoms with van der Waals surface area (Å²) >= 11 is 9.33. The fourth-order valence-electron chi connectivity index (χ4n) is 1.53. The predicted molar refractivity (Wildman–Crippen MR) is 71.1 cm³/mol. The summed E-state index contributed by atoms with van der Waals surface area (Å²) in [5.41, 5.74) is 2.15. The summed E-state index contributed by atoms with van der Waals surface area (Å²) in [7, 11) is 1.65. The van der Waals surface area contributed by atoms with Crippen LogP contribution in [-0.2, 0) is 0 Å². The number of benzene rings is 2. The summed E-state index contributed by atoms with van der Waals surface area (Å²) in [4.78, 5) is 0. The monoisotopic (exact) mass is 296 g/mol. The molecule has 0 aliphatic heterocycles. The molecule has 2 aromatic rings. The molecule has 0 atom stereocenters. The Bertz CT molecular complexity index is 494. The van der Waals surface area contributed by atoms with E-state index in [1.54, 1.807) is 7.11 Å². The first kappa shape index (κ1) is 11.5. The highest BCUT2D eigenvalue weighted by atomic mass is 79.9. The summed E-state index contributed by atoms with van der Waals surface area (Å²) in [6.07, 6.45) is 0. The molecule has 0 spiro atoms. The van der Waals surface area contributed by atoms with Crippen LogP contribution in [0.25, 0.3) is 11.1 Å². The first-order valence-electron chi connectivity index (χ1n) is 4.80. The van der Waals surface area contributed by atoms with Crippen LogP contribution in [0.1, 0.15) is 0 Å². The molecule has 3 heteroatoms. The van der Waals surface area contributed by atoms with E-state index in [4.69, 9.17) is 16.3 Å². The van der Waals surface area contributed by atoms with E-state index in [0.29, 0.717) is 5.02 Å². The quantitative estimate of drug-likeness (QED) is 0.775. The molecule has 82 valence electrons. The summed E-state index contributed by atoms with van der Waals surface area (Å²) in [5, 5.41) is 0.678. The molecule has 2 rings (SSSR count). The second kappa shape index (κ2) is 4.89. The van der Waals surface area contributed by atoms with Crippen molar-refractivity contribution in [2.45, 2.75) is 0 Å². The minimum Gasteiger partial charge on any atom is -0.496 e. The highest BCUT2D eigenvalue weighted by Crippen LogP contribution is 2.32. The first-order chi connectivity index (χ1) is 7.70. The molecular weight excluding hydrogens is 287 g/mol. The van der Waals surface area contributed by atoms with Crippen LogP contribution in [0.4, 0.5) is 0 Å². The van der Waals surface area contributed by atoms with Crippen molar-refractivity contribution < 1.29 is 4.74 Å². The van der Waals surface area contributed by atoms with Gasteiger partial charge >= 0.3 is 0 Å². The predicted octanol–water partition coefficient (Wildman–Crippen LogP) is 4.78. The van der Waals surface area contributed by atoms with Crippen LogP contribution >= 0.6 is 27.5 Å². The van der Waals surface area contributed by atoms with Crippen LogP contribution < -0.4 is 4.74 Å². The highest BCUT2D eigenvalue weighted by Gasteiger charge is 2.05. The molecule has 2 aromatic carbocycles. The second-order valence-electron chi connectivity index (χ2n) is 3.35. The minimum atomic E-state index is 0.678. The van der Waals surface area contributed by atoms with Gasteiger partial charge in [-0.05, 0) is 35.9 Å². The number of halogens is 2. The zero-order valence-corrected chi connectivity index (χ0v) is 11.0. The molecule has 0 saturated heterocycles. The molecule has 0 aliphatic rings. The van der Waals surface area contributed by atoms with E-state index in [-0.39, 0.29) is 0 Å². The largest absolute Gasteiger partial charge is 0.496 e. The van der Waals surface area contributed by atoms with Gasteiger partial charge in [-0.3, -0.25) is 0 Å². The number of methoxy groups -OCH3 is 1. The van der Waals surface area contributed by atoms with Gasteiger partial charge in [-0.25, -0.2) is 0 Å². The van der Waals surface area contributed by atoms with Crippen molar-refractivity contribution in [3.8, 4) is 16.9 Å². The highest BCUT2D eigenvalue weighted by molar-refractivity contribution is 9.10. The maximum atomic E-state index is 5.92. The van der Waals surface area contributed by atoms with Gasteiger partial charge in [0.25, 0.3) is 0 Å². The summed E-state index contributed by atoms with van der Waals surface area (Å²) < 4.78 is 6.37. The van der Waals surface area contributed by atoms with E-state index in [1.165, 1.54) is 0 Å². The number of hydrogen-bond donors (Lipinski definition) is 0. The van der Waals surface area contributed by atoms with Crippen LogP contribution in [0.15, 0.2) is 46.9 Å². The normalized spacial score (nSPS) is 10.2. The molecule has 0 aromatic heterocycles. The van der Waals surface area contributed by atoms with E-state index in [9.17, 15) is 0 Å². The lowest BCUT2D eigenvalue weighted by molar-refractivity contribution is 0.416. The maximum Gasteiger partial charge on any atom is 0.128 e. The third kappa shape index (κ3) is 2.39. The van der Waals surface area contributed by atoms with Gasteiger partial charge in [0.15, 0.2) is 0 Å². The van der Waals surface area contributed by atoms with Crippen molar-refractivity contribution in [2.75, 3.05) is 7.11 Å². The molecule has 0 N–H and O–H groups in total. The molecular formula is C13H10BrClO. The van der Waals surface area contributed by atoms with Gasteiger partial charge in [-0.1, -0.05) is 39.7 Å². The fourth-order valence-corrected chi connectivity index (χ4v) is 1.96. The Morgan fingerprint density at radius 2 is 1.75 bits per heavy atom. The van der Waals surface area contributed by atoms with Gasteiger partial charge < -0.3 is 4.74 Å². The molecule has 0 saturated carbocycles. The third-order valence-electron chi connectivity index (χ3n) is 2.32. The summed E-state index contributed by atoms with van der Waals surface area (Å²) in [5.74, 6) is 0.787. The van der Waals surface area contributed by atoms with Crippen LogP contribution in [0.2, 0.25) is 5.02 Å². The maximum absolute atomic E-state index is 5.92. The van der Waals surface area contributed by atoms with Gasteiger partial charge in [-0.15, -0.1) is 0 Å². The van der Waals surface area contributed by atoms with Crippen LogP contribution in [0.5, 0.6) is 5.75 Å².